The van der Waals surface area contributed by atoms with Gasteiger partial charge in [0.25, 0.3) is 0 Å². The highest BCUT2D eigenvalue weighted by molar-refractivity contribution is 4.99. The van der Waals surface area contributed by atoms with Crippen molar-refractivity contribution in [2.24, 2.45) is 0 Å². The summed E-state index contributed by atoms with van der Waals surface area (Å²) in [5, 5.41) is 2.68. The lowest BCUT2D eigenvalue weighted by molar-refractivity contribution is -0.133. The summed E-state index contributed by atoms with van der Waals surface area (Å²) in [5.41, 5.74) is 0.796. The Labute approximate surface area is 79.7 Å². The van der Waals surface area contributed by atoms with Gasteiger partial charge in [0, 0.05) is 25.0 Å². The molecule has 0 aliphatic heterocycles. The molecular formula is C8H12F3N3. The number of nitrogens with zero attached hydrogens (tertiary/aromatic N) is 1. The lowest BCUT2D eigenvalue weighted by Crippen LogP contribution is -2.21. The predicted molar refractivity (Wildman–Crippen MR) is 45.7 cm³/mol. The van der Waals surface area contributed by atoms with Gasteiger partial charge >= 0.3 is 6.18 Å². The van der Waals surface area contributed by atoms with E-state index in [4.69, 9.17) is 0 Å². The van der Waals surface area contributed by atoms with Crippen LogP contribution in [0.3, 0.4) is 0 Å². The fraction of sp³-hybridized carbons (Fsp3) is 0.625. The molecule has 0 amide bonds. The van der Waals surface area contributed by atoms with Gasteiger partial charge in [-0.3, -0.25) is 0 Å². The highest BCUT2D eigenvalue weighted by atomic mass is 19.4. The number of aryl methyl sites for hydroxylation is 1. The number of aromatic nitrogens is 2. The molecule has 0 fully saturated rings. The lowest BCUT2D eigenvalue weighted by atomic mass is 10.4. The van der Waals surface area contributed by atoms with Crippen molar-refractivity contribution in [2.45, 2.75) is 26.1 Å². The predicted octanol–water partition coefficient (Wildman–Crippen LogP) is 1.76. The van der Waals surface area contributed by atoms with Crippen LogP contribution in [-0.2, 0) is 6.54 Å². The molecule has 1 aromatic rings. The van der Waals surface area contributed by atoms with Crippen molar-refractivity contribution >= 4 is 0 Å². The molecule has 0 saturated carbocycles. The van der Waals surface area contributed by atoms with E-state index in [0.717, 1.165) is 11.5 Å². The van der Waals surface area contributed by atoms with E-state index < -0.39 is 12.6 Å². The van der Waals surface area contributed by atoms with Gasteiger partial charge in [0.2, 0.25) is 0 Å². The largest absolute Gasteiger partial charge is 0.390 e. The quantitative estimate of drug-likeness (QED) is 0.738. The van der Waals surface area contributed by atoms with Gasteiger partial charge in [-0.25, -0.2) is 4.98 Å². The molecule has 80 valence electrons. The third-order valence-corrected chi connectivity index (χ3v) is 1.66. The smallest absolute Gasteiger partial charge is 0.345 e. The first kappa shape index (κ1) is 11.0. The Bertz CT molecular complexity index is 280. The molecule has 6 heteroatoms. The fourth-order valence-corrected chi connectivity index (χ4v) is 1.01. The second-order valence-electron chi connectivity index (χ2n) is 3.04. The molecule has 0 radical (unpaired) electrons. The summed E-state index contributed by atoms with van der Waals surface area (Å²) >= 11 is 0. The van der Waals surface area contributed by atoms with Gasteiger partial charge in [-0.2, -0.15) is 13.2 Å². The van der Waals surface area contributed by atoms with Crippen molar-refractivity contribution in [3.05, 3.63) is 17.7 Å². The lowest BCUT2D eigenvalue weighted by Gasteiger charge is -2.06. The zero-order chi connectivity index (χ0) is 10.6. The second-order valence-corrected chi connectivity index (χ2v) is 3.04. The number of hydrogen-bond donors (Lipinski definition) is 2. The van der Waals surface area contributed by atoms with E-state index >= 15 is 0 Å². The summed E-state index contributed by atoms with van der Waals surface area (Å²) in [6, 6.07) is 0. The maximum Gasteiger partial charge on any atom is 0.390 e. The highest BCUT2D eigenvalue weighted by Crippen LogP contribution is 2.18. The Hall–Kier alpha value is -1.04. The van der Waals surface area contributed by atoms with Gasteiger partial charge in [0.15, 0.2) is 0 Å². The van der Waals surface area contributed by atoms with E-state index in [0.29, 0.717) is 6.54 Å². The minimum Gasteiger partial charge on any atom is -0.345 e. The van der Waals surface area contributed by atoms with E-state index in [1.54, 1.807) is 13.1 Å². The van der Waals surface area contributed by atoms with Crippen molar-refractivity contribution in [1.82, 2.24) is 15.3 Å². The zero-order valence-corrected chi connectivity index (χ0v) is 7.78. The van der Waals surface area contributed by atoms with Gasteiger partial charge in [-0.15, -0.1) is 0 Å². The van der Waals surface area contributed by atoms with Crippen LogP contribution in [0.15, 0.2) is 6.20 Å². The summed E-state index contributed by atoms with van der Waals surface area (Å²) < 4.78 is 35.2. The van der Waals surface area contributed by atoms with Gasteiger partial charge in [0.05, 0.1) is 6.42 Å². The number of H-pyrrole nitrogens is 1. The molecule has 0 atom stereocenters. The average Bonchev–Trinajstić information content (AvgIpc) is 2.44. The maximum atomic E-state index is 11.7. The first-order valence-corrected chi connectivity index (χ1v) is 4.25. The third kappa shape index (κ3) is 4.27. The summed E-state index contributed by atoms with van der Waals surface area (Å²) in [5.74, 6) is 0.762. The maximum absolute atomic E-state index is 11.7. The van der Waals surface area contributed by atoms with Crippen LogP contribution in [0.5, 0.6) is 0 Å². The first-order chi connectivity index (χ1) is 6.47. The molecule has 3 nitrogen and oxygen atoms in total. The number of nitrogens with one attached hydrogen (secondary N) is 2. The SMILES string of the molecule is Cc1ncc(CNCCC(F)(F)F)[nH]1. The molecule has 0 unspecified atom stereocenters. The molecule has 1 aromatic heterocycles. The number of imidazole rings is 1. The molecule has 14 heavy (non-hydrogen) atoms. The van der Waals surface area contributed by atoms with Gasteiger partial charge in [-0.05, 0) is 6.92 Å². The Morgan fingerprint density at radius 1 is 1.50 bits per heavy atom. The molecule has 2 N–H and O–H groups in total. The van der Waals surface area contributed by atoms with Crippen LogP contribution in [0.4, 0.5) is 13.2 Å². The van der Waals surface area contributed by atoms with Crippen molar-refractivity contribution in [2.75, 3.05) is 6.54 Å². The summed E-state index contributed by atoms with van der Waals surface area (Å²) in [6.07, 6.45) is -3.28. The highest BCUT2D eigenvalue weighted by Gasteiger charge is 2.25. The van der Waals surface area contributed by atoms with E-state index in [1.165, 1.54) is 0 Å². The number of halogens is 3. The summed E-state index contributed by atoms with van der Waals surface area (Å²) in [6.45, 7) is 2.11. The topological polar surface area (TPSA) is 40.7 Å². The van der Waals surface area contributed by atoms with Crippen LogP contribution in [0.1, 0.15) is 17.9 Å². The Morgan fingerprint density at radius 2 is 2.21 bits per heavy atom. The molecule has 0 aromatic carbocycles. The minimum atomic E-state index is -4.09. The number of aromatic amines is 1. The number of hydrogen-bond acceptors (Lipinski definition) is 2. The van der Waals surface area contributed by atoms with Crippen LogP contribution in [-0.4, -0.2) is 22.7 Å². The number of alkyl halides is 3. The molecule has 1 heterocycles. The molecular weight excluding hydrogens is 195 g/mol. The molecule has 0 bridgehead atoms. The normalized spacial score (nSPS) is 12.0. The van der Waals surface area contributed by atoms with Gasteiger partial charge in [0.1, 0.15) is 5.82 Å². The standard InChI is InChI=1S/C8H12F3N3/c1-6-13-5-7(14-6)4-12-3-2-8(9,10)11/h5,12H,2-4H2,1H3,(H,13,14). The van der Waals surface area contributed by atoms with Gasteiger partial charge < -0.3 is 10.3 Å². The monoisotopic (exact) mass is 207 g/mol. The molecule has 0 aliphatic carbocycles. The van der Waals surface area contributed by atoms with E-state index in [1.807, 2.05) is 0 Å². The van der Waals surface area contributed by atoms with Crippen LogP contribution < -0.4 is 5.32 Å². The summed E-state index contributed by atoms with van der Waals surface area (Å²) in [4.78, 5) is 6.85. The molecule has 0 spiro atoms. The fourth-order valence-electron chi connectivity index (χ4n) is 1.01. The van der Waals surface area contributed by atoms with Crippen molar-refractivity contribution in [3.63, 3.8) is 0 Å². The molecule has 0 saturated heterocycles. The van der Waals surface area contributed by atoms with Gasteiger partial charge in [-0.1, -0.05) is 0 Å². The van der Waals surface area contributed by atoms with Crippen LogP contribution >= 0.6 is 0 Å². The first-order valence-electron chi connectivity index (χ1n) is 4.25. The van der Waals surface area contributed by atoms with Crippen molar-refractivity contribution in [1.29, 1.82) is 0 Å². The van der Waals surface area contributed by atoms with Crippen LogP contribution in [0.2, 0.25) is 0 Å². The number of rotatable bonds is 4. The van der Waals surface area contributed by atoms with E-state index in [-0.39, 0.29) is 6.54 Å². The van der Waals surface area contributed by atoms with Crippen LogP contribution in [0.25, 0.3) is 0 Å². The Balaban J connectivity index is 2.16. The zero-order valence-electron chi connectivity index (χ0n) is 7.78. The third-order valence-electron chi connectivity index (χ3n) is 1.66. The van der Waals surface area contributed by atoms with Crippen molar-refractivity contribution in [3.8, 4) is 0 Å². The second kappa shape index (κ2) is 4.45. The van der Waals surface area contributed by atoms with E-state index in [9.17, 15) is 13.2 Å². The molecule has 0 aliphatic rings. The minimum absolute atomic E-state index is 0.0679. The van der Waals surface area contributed by atoms with Crippen molar-refractivity contribution < 1.29 is 13.2 Å². The van der Waals surface area contributed by atoms with E-state index in [2.05, 4.69) is 15.3 Å². The molecule has 1 rings (SSSR count). The van der Waals surface area contributed by atoms with Crippen LogP contribution in [0, 0.1) is 6.92 Å². The average molecular weight is 207 g/mol. The Kier molecular flexibility index (Phi) is 3.51. The Morgan fingerprint density at radius 3 is 2.71 bits per heavy atom. The summed E-state index contributed by atoms with van der Waals surface area (Å²) in [7, 11) is 0.